The zero-order chi connectivity index (χ0) is 17.9. The molecule has 1 aromatic rings. The summed E-state index contributed by atoms with van der Waals surface area (Å²) >= 11 is 1.28. The molecule has 0 radical (unpaired) electrons. The number of rotatable bonds is 5. The second kappa shape index (κ2) is 7.42. The van der Waals surface area contributed by atoms with Gasteiger partial charge in [-0.25, -0.2) is 4.39 Å². The molecule has 130 valence electrons. The third-order valence-corrected chi connectivity index (χ3v) is 4.62. The number of carbonyl (C=O) groups is 1. The summed E-state index contributed by atoms with van der Waals surface area (Å²) in [7, 11) is 0. The van der Waals surface area contributed by atoms with Gasteiger partial charge in [-0.3, -0.25) is 4.79 Å². The molecule has 0 aromatic heterocycles. The molecule has 0 N–H and O–H groups in total. The van der Waals surface area contributed by atoms with Crippen LogP contribution in [0.3, 0.4) is 0 Å². The van der Waals surface area contributed by atoms with Crippen LogP contribution in [0.15, 0.2) is 40.4 Å². The van der Waals surface area contributed by atoms with Crippen molar-refractivity contribution in [2.45, 2.75) is 32.9 Å². The number of hydrogen-bond acceptors (Lipinski definition) is 3. The van der Waals surface area contributed by atoms with E-state index >= 15 is 0 Å². The predicted octanol–water partition coefficient (Wildman–Crippen LogP) is 5.58. The van der Waals surface area contributed by atoms with Crippen LogP contribution in [0.5, 0.6) is 0 Å². The van der Waals surface area contributed by atoms with E-state index in [-0.39, 0.29) is 0 Å². The summed E-state index contributed by atoms with van der Waals surface area (Å²) in [6, 6.07) is 1.94. The van der Waals surface area contributed by atoms with Crippen LogP contribution >= 0.6 is 11.8 Å². The molecule has 0 aliphatic carbocycles. The molecule has 0 atom stereocenters. The number of carbonyl (C=O) groups excluding carboxylic acids is 1. The van der Waals surface area contributed by atoms with Crippen LogP contribution in [0.4, 0.5) is 17.6 Å². The highest BCUT2D eigenvalue weighted by molar-refractivity contribution is 8.06. The molecule has 0 spiro atoms. The largest absolute Gasteiger partial charge is 0.417 e. The van der Waals surface area contributed by atoms with Crippen molar-refractivity contribution >= 4 is 17.5 Å². The van der Waals surface area contributed by atoms with E-state index in [1.807, 2.05) is 24.2 Å². The Labute approximate surface area is 142 Å². The summed E-state index contributed by atoms with van der Waals surface area (Å²) in [5.41, 5.74) is -0.864. The molecule has 7 heteroatoms. The van der Waals surface area contributed by atoms with Crippen LogP contribution in [0, 0.1) is 5.82 Å². The van der Waals surface area contributed by atoms with Crippen LogP contribution < -0.4 is 0 Å². The van der Waals surface area contributed by atoms with Gasteiger partial charge in [-0.1, -0.05) is 25.1 Å². The molecule has 0 fully saturated rings. The van der Waals surface area contributed by atoms with Gasteiger partial charge in [-0.2, -0.15) is 13.2 Å². The van der Waals surface area contributed by atoms with E-state index in [0.717, 1.165) is 24.6 Å². The van der Waals surface area contributed by atoms with Crippen molar-refractivity contribution in [2.24, 2.45) is 0 Å². The second-order valence-corrected chi connectivity index (χ2v) is 6.31. The molecule has 1 heterocycles. The lowest BCUT2D eigenvalue weighted by atomic mass is 10.0. The lowest BCUT2D eigenvalue weighted by Gasteiger charge is -2.21. The van der Waals surface area contributed by atoms with Crippen LogP contribution in [0.25, 0.3) is 0 Å². The summed E-state index contributed by atoms with van der Waals surface area (Å²) in [6.45, 7) is 4.58. The number of hydrogen-bond donors (Lipinski definition) is 0. The number of alkyl halides is 3. The SMILES string of the molecule is CCCCN1C(C)=CSC1=CC(=O)c1cc(F)ccc1C(F)(F)F. The van der Waals surface area contributed by atoms with Gasteiger partial charge >= 0.3 is 6.18 Å². The smallest absolute Gasteiger partial charge is 0.339 e. The average Bonchev–Trinajstić information content (AvgIpc) is 2.84. The lowest BCUT2D eigenvalue weighted by molar-refractivity contribution is -0.137. The highest BCUT2D eigenvalue weighted by Gasteiger charge is 2.35. The molecule has 24 heavy (non-hydrogen) atoms. The number of ketones is 1. The maximum absolute atomic E-state index is 13.3. The molecule has 2 nitrogen and oxygen atoms in total. The highest BCUT2D eigenvalue weighted by Crippen LogP contribution is 2.36. The Kier molecular flexibility index (Phi) is 5.74. The minimum absolute atomic E-state index is 0.559. The Balaban J connectivity index is 2.34. The molecular weight excluding hydrogens is 342 g/mol. The number of nitrogens with zero attached hydrogens (tertiary/aromatic N) is 1. The van der Waals surface area contributed by atoms with Crippen molar-refractivity contribution in [3.8, 4) is 0 Å². The first-order chi connectivity index (χ1) is 11.2. The fraction of sp³-hybridized carbons (Fsp3) is 0.353. The van der Waals surface area contributed by atoms with Gasteiger partial charge in [0.25, 0.3) is 0 Å². The van der Waals surface area contributed by atoms with Gasteiger partial charge in [0.1, 0.15) is 5.82 Å². The average molecular weight is 359 g/mol. The number of allylic oxidation sites excluding steroid dienone is 2. The number of thioether (sulfide) groups is 1. The summed E-state index contributed by atoms with van der Waals surface area (Å²) in [5, 5.41) is 2.40. The van der Waals surface area contributed by atoms with E-state index in [1.165, 1.54) is 11.8 Å². The topological polar surface area (TPSA) is 20.3 Å². The molecule has 0 saturated heterocycles. The lowest BCUT2D eigenvalue weighted by Crippen LogP contribution is -2.19. The Morgan fingerprint density at radius 1 is 1.33 bits per heavy atom. The van der Waals surface area contributed by atoms with E-state index in [0.29, 0.717) is 29.8 Å². The standard InChI is InChI=1S/C17H17F4NOS/c1-3-4-7-22-11(2)10-24-16(22)9-15(23)13-8-12(18)5-6-14(13)17(19,20)21/h5-6,8-10H,3-4,7H2,1-2H3. The van der Waals surface area contributed by atoms with Gasteiger partial charge in [0.15, 0.2) is 5.78 Å². The van der Waals surface area contributed by atoms with Crippen molar-refractivity contribution in [2.75, 3.05) is 6.54 Å². The Morgan fingerprint density at radius 2 is 2.04 bits per heavy atom. The molecule has 0 bridgehead atoms. The zero-order valence-electron chi connectivity index (χ0n) is 13.3. The van der Waals surface area contributed by atoms with Gasteiger partial charge < -0.3 is 4.90 Å². The molecule has 0 unspecified atom stereocenters. The van der Waals surface area contributed by atoms with Crippen LogP contribution in [0.2, 0.25) is 0 Å². The van der Waals surface area contributed by atoms with Gasteiger partial charge in [0.2, 0.25) is 0 Å². The summed E-state index contributed by atoms with van der Waals surface area (Å²) in [5.74, 6) is -1.73. The molecule has 2 rings (SSSR count). The normalized spacial score (nSPS) is 16.7. The van der Waals surface area contributed by atoms with Crippen molar-refractivity contribution in [1.82, 2.24) is 4.90 Å². The Hall–Kier alpha value is -1.76. The third-order valence-electron chi connectivity index (χ3n) is 3.58. The van der Waals surface area contributed by atoms with E-state index in [1.54, 1.807) is 0 Å². The van der Waals surface area contributed by atoms with Crippen LogP contribution in [-0.4, -0.2) is 17.2 Å². The molecule has 1 aromatic carbocycles. The van der Waals surface area contributed by atoms with Gasteiger partial charge in [0, 0.05) is 23.9 Å². The fourth-order valence-corrected chi connectivity index (χ4v) is 3.27. The Morgan fingerprint density at radius 3 is 2.67 bits per heavy atom. The van der Waals surface area contributed by atoms with Gasteiger partial charge in [-0.05, 0) is 37.0 Å². The van der Waals surface area contributed by atoms with E-state index in [9.17, 15) is 22.4 Å². The summed E-state index contributed by atoms with van der Waals surface area (Å²) in [6.07, 6.45) is -1.71. The molecule has 0 saturated carbocycles. The summed E-state index contributed by atoms with van der Waals surface area (Å²) < 4.78 is 52.5. The number of halogens is 4. The van der Waals surface area contributed by atoms with Crippen LogP contribution in [0.1, 0.15) is 42.6 Å². The van der Waals surface area contributed by atoms with Crippen molar-refractivity contribution in [3.05, 3.63) is 57.4 Å². The van der Waals surface area contributed by atoms with E-state index < -0.39 is 28.9 Å². The first-order valence-corrected chi connectivity index (χ1v) is 8.35. The molecule has 0 amide bonds. The monoisotopic (exact) mass is 359 g/mol. The second-order valence-electron chi connectivity index (χ2n) is 5.42. The third kappa shape index (κ3) is 4.20. The quantitative estimate of drug-likeness (QED) is 0.389. The predicted molar refractivity (Wildman–Crippen MR) is 86.8 cm³/mol. The fourth-order valence-electron chi connectivity index (χ4n) is 2.32. The van der Waals surface area contributed by atoms with Crippen LogP contribution in [-0.2, 0) is 6.18 Å². The minimum atomic E-state index is -4.71. The first-order valence-electron chi connectivity index (χ1n) is 7.47. The molecule has 1 aliphatic rings. The van der Waals surface area contributed by atoms with Gasteiger partial charge in [-0.15, -0.1) is 0 Å². The van der Waals surface area contributed by atoms with Crippen molar-refractivity contribution < 1.29 is 22.4 Å². The zero-order valence-corrected chi connectivity index (χ0v) is 14.1. The maximum Gasteiger partial charge on any atom is 0.417 e. The highest BCUT2D eigenvalue weighted by atomic mass is 32.2. The van der Waals surface area contributed by atoms with E-state index in [4.69, 9.17) is 0 Å². The van der Waals surface area contributed by atoms with Crippen molar-refractivity contribution in [1.29, 1.82) is 0 Å². The van der Waals surface area contributed by atoms with Crippen molar-refractivity contribution in [3.63, 3.8) is 0 Å². The number of benzene rings is 1. The number of unbranched alkanes of at least 4 members (excludes halogenated alkanes) is 1. The molecule has 1 aliphatic heterocycles. The van der Waals surface area contributed by atoms with E-state index in [2.05, 4.69) is 0 Å². The molecular formula is C17H17F4NOS. The maximum atomic E-state index is 13.3. The summed E-state index contributed by atoms with van der Waals surface area (Å²) in [4.78, 5) is 14.2. The minimum Gasteiger partial charge on any atom is -0.339 e. The van der Waals surface area contributed by atoms with Gasteiger partial charge in [0.05, 0.1) is 10.6 Å². The Bertz CT molecular complexity index is 694. The first kappa shape index (κ1) is 18.6.